The Balaban J connectivity index is 2.49. The molecule has 58 valence electrons. The Morgan fingerprint density at radius 2 is 2.09 bits per heavy atom. The van der Waals surface area contributed by atoms with Crippen molar-refractivity contribution in [1.82, 2.24) is 0 Å². The lowest BCUT2D eigenvalue weighted by Gasteiger charge is -2.20. The zero-order valence-electron chi connectivity index (χ0n) is 6.00. The molecule has 0 aromatic rings. The van der Waals surface area contributed by atoms with Crippen molar-refractivity contribution in [2.45, 2.75) is 19.1 Å². The Bertz CT molecular complexity index is 278. The van der Waals surface area contributed by atoms with Crippen LogP contribution in [0.5, 0.6) is 0 Å². The summed E-state index contributed by atoms with van der Waals surface area (Å²) in [5, 5.41) is 0. The van der Waals surface area contributed by atoms with Crippen LogP contribution in [-0.4, -0.2) is 18.0 Å². The van der Waals surface area contributed by atoms with Crippen LogP contribution in [0.4, 0.5) is 0 Å². The van der Waals surface area contributed by atoms with Crippen molar-refractivity contribution in [3.63, 3.8) is 0 Å². The maximum absolute atomic E-state index is 11.3. The van der Waals surface area contributed by atoms with E-state index in [0.29, 0.717) is 4.48 Å². The number of fused-ring (bicyclic) bond motifs is 2. The van der Waals surface area contributed by atoms with Crippen LogP contribution in [-0.2, 0) is 9.53 Å². The zero-order chi connectivity index (χ0) is 8.01. The van der Waals surface area contributed by atoms with Crippen molar-refractivity contribution in [1.29, 1.82) is 0 Å². The third kappa shape index (κ3) is 0.914. The van der Waals surface area contributed by atoms with E-state index in [1.165, 1.54) is 0 Å². The molecule has 11 heavy (non-hydrogen) atoms. The Morgan fingerprint density at radius 1 is 1.45 bits per heavy atom. The van der Waals surface area contributed by atoms with E-state index >= 15 is 0 Å². The Morgan fingerprint density at radius 3 is 2.82 bits per heavy atom. The summed E-state index contributed by atoms with van der Waals surface area (Å²) < 4.78 is 6.03. The van der Waals surface area contributed by atoms with Gasteiger partial charge in [-0.3, -0.25) is 4.79 Å². The number of ketones is 1. The molecule has 2 bridgehead atoms. The van der Waals surface area contributed by atoms with Gasteiger partial charge < -0.3 is 4.74 Å². The van der Waals surface area contributed by atoms with Gasteiger partial charge in [-0.1, -0.05) is 6.08 Å². The predicted molar refractivity (Wildman–Crippen MR) is 44.4 cm³/mol. The SMILES string of the molecule is CC1=C(Br)C(=O)[C@@H]2C=C[C@H]1O2. The minimum absolute atomic E-state index is 0.0204. The number of hydrogen-bond donors (Lipinski definition) is 0. The van der Waals surface area contributed by atoms with E-state index in [-0.39, 0.29) is 18.0 Å². The summed E-state index contributed by atoms with van der Waals surface area (Å²) in [7, 11) is 0. The van der Waals surface area contributed by atoms with Crippen LogP contribution in [0.15, 0.2) is 22.2 Å². The van der Waals surface area contributed by atoms with Crippen LogP contribution in [0.25, 0.3) is 0 Å². The Labute approximate surface area is 73.0 Å². The first-order valence-corrected chi connectivity index (χ1v) is 4.23. The smallest absolute Gasteiger partial charge is 0.202 e. The standard InChI is InChI=1S/C8H7BrO2/c1-4-5-2-3-6(11-5)8(10)7(4)9/h2-3,5-6H,1H3/t5-,6+/m1/s1. The van der Waals surface area contributed by atoms with E-state index in [2.05, 4.69) is 15.9 Å². The first kappa shape index (κ1) is 7.25. The molecule has 0 N–H and O–H groups in total. The lowest BCUT2D eigenvalue weighted by molar-refractivity contribution is -0.124. The van der Waals surface area contributed by atoms with E-state index in [1.807, 2.05) is 19.1 Å². The van der Waals surface area contributed by atoms with Crippen molar-refractivity contribution in [3.8, 4) is 0 Å². The van der Waals surface area contributed by atoms with Gasteiger partial charge in [0.2, 0.25) is 5.78 Å². The van der Waals surface area contributed by atoms with Crippen LogP contribution < -0.4 is 0 Å². The first-order chi connectivity index (χ1) is 5.20. The second kappa shape index (κ2) is 2.29. The van der Waals surface area contributed by atoms with Gasteiger partial charge in [-0.15, -0.1) is 0 Å². The molecule has 0 aliphatic carbocycles. The van der Waals surface area contributed by atoms with E-state index in [4.69, 9.17) is 4.74 Å². The van der Waals surface area contributed by atoms with Crippen molar-refractivity contribution >= 4 is 21.7 Å². The molecule has 0 saturated carbocycles. The summed E-state index contributed by atoms with van der Waals surface area (Å²) in [5.41, 5.74) is 0.972. The highest BCUT2D eigenvalue weighted by Gasteiger charge is 2.34. The van der Waals surface area contributed by atoms with Gasteiger partial charge in [0.15, 0.2) is 0 Å². The maximum Gasteiger partial charge on any atom is 0.202 e. The number of Topliss-reactive ketones (excluding diaryl/α,β-unsaturated/α-hetero) is 1. The number of rotatable bonds is 0. The van der Waals surface area contributed by atoms with E-state index < -0.39 is 0 Å². The quantitative estimate of drug-likeness (QED) is 0.573. The maximum atomic E-state index is 11.3. The third-order valence-corrected chi connectivity index (χ3v) is 3.02. The second-order valence-corrected chi connectivity index (χ2v) is 3.52. The van der Waals surface area contributed by atoms with Crippen molar-refractivity contribution in [2.75, 3.05) is 0 Å². The molecule has 0 amide bonds. The molecule has 3 heteroatoms. The molecule has 2 aliphatic heterocycles. The molecule has 0 unspecified atom stereocenters. The summed E-state index contributed by atoms with van der Waals surface area (Å²) >= 11 is 3.25. The highest BCUT2D eigenvalue weighted by Crippen LogP contribution is 2.31. The fourth-order valence-corrected chi connectivity index (χ4v) is 1.74. The predicted octanol–water partition coefficient (Wildman–Crippen LogP) is 1.56. The number of ether oxygens (including phenoxy) is 1. The van der Waals surface area contributed by atoms with Gasteiger partial charge >= 0.3 is 0 Å². The third-order valence-electron chi connectivity index (χ3n) is 2.00. The summed E-state index contributed by atoms with van der Waals surface area (Å²) in [6.07, 6.45) is 3.42. The van der Waals surface area contributed by atoms with Crippen LogP contribution in [0.1, 0.15) is 6.92 Å². The van der Waals surface area contributed by atoms with Gasteiger partial charge in [0.25, 0.3) is 0 Å². The lowest BCUT2D eigenvalue weighted by Crippen LogP contribution is -2.28. The normalized spacial score (nSPS) is 35.3. The average molecular weight is 215 g/mol. The molecule has 0 aromatic carbocycles. The zero-order valence-corrected chi connectivity index (χ0v) is 7.59. The Hall–Kier alpha value is -0.410. The van der Waals surface area contributed by atoms with E-state index in [0.717, 1.165) is 5.57 Å². The van der Waals surface area contributed by atoms with Gasteiger partial charge in [0.1, 0.15) is 6.10 Å². The molecule has 0 fully saturated rings. The minimum atomic E-state index is -0.335. The van der Waals surface area contributed by atoms with Crippen LogP contribution in [0.2, 0.25) is 0 Å². The Kier molecular flexibility index (Phi) is 1.51. The minimum Gasteiger partial charge on any atom is -0.354 e. The summed E-state index contributed by atoms with van der Waals surface area (Å²) in [5.74, 6) is 0.0347. The van der Waals surface area contributed by atoms with Crippen LogP contribution >= 0.6 is 15.9 Å². The highest BCUT2D eigenvalue weighted by atomic mass is 79.9. The molecule has 0 aromatic heterocycles. The van der Waals surface area contributed by atoms with E-state index in [9.17, 15) is 4.79 Å². The number of halogens is 1. The molecule has 0 spiro atoms. The molecule has 2 nitrogen and oxygen atoms in total. The molecule has 0 radical (unpaired) electrons. The molecular formula is C8H7BrO2. The first-order valence-electron chi connectivity index (χ1n) is 3.44. The lowest BCUT2D eigenvalue weighted by atomic mass is 10.1. The van der Waals surface area contributed by atoms with Crippen LogP contribution in [0.3, 0.4) is 0 Å². The topological polar surface area (TPSA) is 26.3 Å². The molecule has 2 heterocycles. The fraction of sp³-hybridized carbons (Fsp3) is 0.375. The van der Waals surface area contributed by atoms with Crippen molar-refractivity contribution in [3.05, 3.63) is 22.2 Å². The van der Waals surface area contributed by atoms with Gasteiger partial charge in [-0.2, -0.15) is 0 Å². The summed E-state index contributed by atoms with van der Waals surface area (Å²) in [6.45, 7) is 1.90. The largest absolute Gasteiger partial charge is 0.354 e. The molecule has 2 aliphatic rings. The second-order valence-electron chi connectivity index (χ2n) is 2.72. The van der Waals surface area contributed by atoms with Crippen molar-refractivity contribution < 1.29 is 9.53 Å². The summed E-state index contributed by atoms with van der Waals surface area (Å²) in [6, 6.07) is 0. The number of carbonyl (C=O) groups is 1. The van der Waals surface area contributed by atoms with E-state index in [1.54, 1.807) is 0 Å². The van der Waals surface area contributed by atoms with Crippen LogP contribution in [0, 0.1) is 0 Å². The van der Waals surface area contributed by atoms with Gasteiger partial charge in [-0.25, -0.2) is 0 Å². The van der Waals surface area contributed by atoms with Gasteiger partial charge in [0.05, 0.1) is 10.6 Å². The molecule has 2 rings (SSSR count). The van der Waals surface area contributed by atoms with Crippen molar-refractivity contribution in [2.24, 2.45) is 0 Å². The molecular weight excluding hydrogens is 208 g/mol. The summed E-state index contributed by atoms with van der Waals surface area (Å²) in [4.78, 5) is 11.3. The monoisotopic (exact) mass is 214 g/mol. The number of hydrogen-bond acceptors (Lipinski definition) is 2. The molecule has 0 saturated heterocycles. The average Bonchev–Trinajstić information content (AvgIpc) is 2.44. The van der Waals surface area contributed by atoms with Gasteiger partial charge in [0, 0.05) is 0 Å². The fourth-order valence-electron chi connectivity index (χ4n) is 1.29. The highest BCUT2D eigenvalue weighted by molar-refractivity contribution is 9.12. The van der Waals surface area contributed by atoms with Gasteiger partial charge in [-0.05, 0) is 34.5 Å². The molecule has 2 atom stereocenters. The number of carbonyl (C=O) groups excluding carboxylic acids is 1.